The minimum atomic E-state index is -3.07. The fraction of sp³-hybridized carbons (Fsp3) is 0.571. The Morgan fingerprint density at radius 3 is 2.42 bits per heavy atom. The van der Waals surface area contributed by atoms with Gasteiger partial charge in [0.1, 0.15) is 0 Å². The molecule has 0 aromatic heterocycles. The lowest BCUT2D eigenvalue weighted by atomic mass is 9.76. The summed E-state index contributed by atoms with van der Waals surface area (Å²) in [6.45, 7) is 0.534. The summed E-state index contributed by atoms with van der Waals surface area (Å²) < 4.78 is 24.5. The van der Waals surface area contributed by atoms with Crippen LogP contribution in [0.5, 0.6) is 0 Å². The van der Waals surface area contributed by atoms with Crippen molar-refractivity contribution in [2.75, 3.05) is 26.4 Å². The first-order valence-electron chi connectivity index (χ1n) is 6.67. The Bertz CT molecular complexity index is 493. The zero-order chi connectivity index (χ0) is 13.9. The van der Waals surface area contributed by atoms with E-state index >= 15 is 0 Å². The number of hydrogen-bond acceptors (Lipinski definition) is 3. The van der Waals surface area contributed by atoms with E-state index in [0.29, 0.717) is 18.5 Å². The molecule has 1 aromatic rings. The van der Waals surface area contributed by atoms with Gasteiger partial charge in [-0.1, -0.05) is 30.3 Å². The smallest absolute Gasteiger partial charge is 0.214 e. The highest BCUT2D eigenvalue weighted by Crippen LogP contribution is 2.36. The molecule has 0 atom stereocenters. The Morgan fingerprint density at radius 2 is 1.84 bits per heavy atom. The van der Waals surface area contributed by atoms with Gasteiger partial charge in [-0.05, 0) is 24.3 Å². The van der Waals surface area contributed by atoms with E-state index in [-0.39, 0.29) is 5.75 Å². The Hall–Kier alpha value is -0.910. The van der Waals surface area contributed by atoms with Gasteiger partial charge in [0.05, 0.1) is 5.75 Å². The van der Waals surface area contributed by atoms with Crippen molar-refractivity contribution >= 4 is 10.0 Å². The summed E-state index contributed by atoms with van der Waals surface area (Å²) in [6, 6.07) is 11.0. The molecule has 0 radical (unpaired) electrons. The molecule has 1 fully saturated rings. The molecule has 4 nitrogen and oxygen atoms in total. The Labute approximate surface area is 115 Å². The molecule has 2 rings (SSSR count). The highest BCUT2D eigenvalue weighted by Gasteiger charge is 2.29. The lowest BCUT2D eigenvalue weighted by Gasteiger charge is -2.36. The van der Waals surface area contributed by atoms with Crippen LogP contribution in [0.15, 0.2) is 30.3 Å². The highest BCUT2D eigenvalue weighted by atomic mass is 32.2. The van der Waals surface area contributed by atoms with E-state index in [1.54, 1.807) is 14.1 Å². The summed E-state index contributed by atoms with van der Waals surface area (Å²) in [6.07, 6.45) is 2.21. The molecule has 106 valence electrons. The third-order valence-electron chi connectivity index (χ3n) is 3.76. The third-order valence-corrected chi connectivity index (χ3v) is 5.59. The van der Waals surface area contributed by atoms with Gasteiger partial charge in [-0.3, -0.25) is 0 Å². The zero-order valence-corrected chi connectivity index (χ0v) is 12.4. The van der Waals surface area contributed by atoms with Crippen LogP contribution < -0.4 is 5.32 Å². The van der Waals surface area contributed by atoms with E-state index in [9.17, 15) is 8.42 Å². The fourth-order valence-electron chi connectivity index (χ4n) is 2.36. The largest absolute Gasteiger partial charge is 0.313 e. The average molecular weight is 282 g/mol. The number of sulfonamides is 1. The molecule has 0 heterocycles. The van der Waals surface area contributed by atoms with Crippen molar-refractivity contribution in [2.24, 2.45) is 0 Å². The molecule has 0 bridgehead atoms. The molecular weight excluding hydrogens is 260 g/mol. The van der Waals surface area contributed by atoms with Crippen molar-refractivity contribution in [1.82, 2.24) is 9.62 Å². The van der Waals surface area contributed by atoms with Crippen LogP contribution in [0.4, 0.5) is 0 Å². The zero-order valence-electron chi connectivity index (χ0n) is 11.5. The van der Waals surface area contributed by atoms with Gasteiger partial charge in [-0.15, -0.1) is 0 Å². The second-order valence-electron chi connectivity index (χ2n) is 5.33. The fourth-order valence-corrected chi connectivity index (χ4v) is 3.10. The molecule has 1 aliphatic carbocycles. The standard InChI is InChI=1S/C14H22N2O2S/c1-16(2)19(17,18)9-8-15-14-10-13(11-14)12-6-4-3-5-7-12/h3-7,13-15H,8-11H2,1-2H3. The van der Waals surface area contributed by atoms with E-state index in [1.165, 1.54) is 9.87 Å². The summed E-state index contributed by atoms with van der Waals surface area (Å²) >= 11 is 0. The first-order valence-corrected chi connectivity index (χ1v) is 8.28. The number of hydrogen-bond donors (Lipinski definition) is 1. The molecule has 0 unspecified atom stereocenters. The lowest BCUT2D eigenvalue weighted by Crippen LogP contribution is -2.43. The molecule has 1 aromatic carbocycles. The van der Waals surface area contributed by atoms with Crippen LogP contribution in [0.3, 0.4) is 0 Å². The molecule has 0 saturated heterocycles. The van der Waals surface area contributed by atoms with E-state index in [2.05, 4.69) is 29.6 Å². The van der Waals surface area contributed by atoms with Crippen molar-refractivity contribution in [3.63, 3.8) is 0 Å². The predicted octanol–water partition coefficient (Wildman–Crippen LogP) is 1.41. The minimum absolute atomic E-state index is 0.173. The molecule has 1 saturated carbocycles. The number of nitrogens with zero attached hydrogens (tertiary/aromatic N) is 1. The summed E-state index contributed by atoms with van der Waals surface area (Å²) in [5.74, 6) is 0.802. The first-order chi connectivity index (χ1) is 8.99. The van der Waals surface area contributed by atoms with Gasteiger partial charge in [0.15, 0.2) is 0 Å². The van der Waals surface area contributed by atoms with Crippen LogP contribution in [0.25, 0.3) is 0 Å². The van der Waals surface area contributed by atoms with Gasteiger partial charge < -0.3 is 5.32 Å². The van der Waals surface area contributed by atoms with E-state index < -0.39 is 10.0 Å². The third kappa shape index (κ3) is 3.78. The van der Waals surface area contributed by atoms with Crippen LogP contribution in [0, 0.1) is 0 Å². The normalized spacial score (nSPS) is 23.3. The molecule has 5 heteroatoms. The second-order valence-corrected chi connectivity index (χ2v) is 7.63. The van der Waals surface area contributed by atoms with Crippen LogP contribution in [-0.2, 0) is 10.0 Å². The monoisotopic (exact) mass is 282 g/mol. The van der Waals surface area contributed by atoms with Crippen molar-refractivity contribution < 1.29 is 8.42 Å². The maximum atomic E-state index is 11.6. The molecule has 0 amide bonds. The van der Waals surface area contributed by atoms with Gasteiger partial charge in [-0.2, -0.15) is 0 Å². The molecule has 1 N–H and O–H groups in total. The van der Waals surface area contributed by atoms with E-state index in [4.69, 9.17) is 0 Å². The summed E-state index contributed by atoms with van der Waals surface area (Å²) in [5.41, 5.74) is 1.39. The number of nitrogens with one attached hydrogen (secondary N) is 1. The van der Waals surface area contributed by atoms with E-state index in [1.807, 2.05) is 6.07 Å². The van der Waals surface area contributed by atoms with Gasteiger partial charge in [0.2, 0.25) is 10.0 Å². The average Bonchev–Trinajstić information content (AvgIpc) is 2.33. The first kappa shape index (κ1) is 14.5. The molecule has 0 spiro atoms. The topological polar surface area (TPSA) is 49.4 Å². The Balaban J connectivity index is 1.69. The predicted molar refractivity (Wildman–Crippen MR) is 77.7 cm³/mol. The van der Waals surface area contributed by atoms with Crippen molar-refractivity contribution in [3.05, 3.63) is 35.9 Å². The lowest BCUT2D eigenvalue weighted by molar-refractivity contribution is 0.296. The summed E-state index contributed by atoms with van der Waals surface area (Å²) in [7, 11) is 0.0742. The minimum Gasteiger partial charge on any atom is -0.313 e. The van der Waals surface area contributed by atoms with Crippen LogP contribution in [-0.4, -0.2) is 45.2 Å². The van der Waals surface area contributed by atoms with E-state index in [0.717, 1.165) is 12.8 Å². The Morgan fingerprint density at radius 1 is 1.21 bits per heavy atom. The molecule has 1 aliphatic rings. The summed E-state index contributed by atoms with van der Waals surface area (Å²) in [4.78, 5) is 0. The van der Waals surface area contributed by atoms with Crippen molar-refractivity contribution in [1.29, 1.82) is 0 Å². The van der Waals surface area contributed by atoms with Gasteiger partial charge >= 0.3 is 0 Å². The molecular formula is C14H22N2O2S. The maximum absolute atomic E-state index is 11.6. The maximum Gasteiger partial charge on any atom is 0.214 e. The van der Waals surface area contributed by atoms with Gasteiger partial charge in [0, 0.05) is 26.7 Å². The Kier molecular flexibility index (Phi) is 4.60. The quantitative estimate of drug-likeness (QED) is 0.858. The van der Waals surface area contributed by atoms with Crippen LogP contribution in [0.1, 0.15) is 24.3 Å². The SMILES string of the molecule is CN(C)S(=O)(=O)CCNC1CC(c2ccccc2)C1. The van der Waals surface area contributed by atoms with Crippen molar-refractivity contribution in [3.8, 4) is 0 Å². The molecule has 0 aliphatic heterocycles. The second kappa shape index (κ2) is 6.03. The molecule has 19 heavy (non-hydrogen) atoms. The van der Waals surface area contributed by atoms with Gasteiger partial charge in [-0.25, -0.2) is 12.7 Å². The van der Waals surface area contributed by atoms with Crippen LogP contribution >= 0.6 is 0 Å². The number of benzene rings is 1. The van der Waals surface area contributed by atoms with Crippen LogP contribution in [0.2, 0.25) is 0 Å². The highest BCUT2D eigenvalue weighted by molar-refractivity contribution is 7.89. The summed E-state index contributed by atoms with van der Waals surface area (Å²) in [5, 5.41) is 3.32. The van der Waals surface area contributed by atoms with Crippen molar-refractivity contribution in [2.45, 2.75) is 24.8 Å². The van der Waals surface area contributed by atoms with Gasteiger partial charge in [0.25, 0.3) is 0 Å². The number of rotatable bonds is 6.